The number of methoxy groups -OCH3 is 1. The lowest BCUT2D eigenvalue weighted by Crippen LogP contribution is -2.14. The highest BCUT2D eigenvalue weighted by atomic mass is 16.6. The van der Waals surface area contributed by atoms with Gasteiger partial charge in [0.15, 0.2) is 0 Å². The fourth-order valence-electron chi connectivity index (χ4n) is 1.85. The first-order valence-corrected chi connectivity index (χ1v) is 10.2. The molecular weight excluding hydrogens is 388 g/mol. The summed E-state index contributed by atoms with van der Waals surface area (Å²) in [7, 11) is 1.64. The third-order valence-electron chi connectivity index (χ3n) is 3.57. The van der Waals surface area contributed by atoms with Crippen LogP contribution >= 0.6 is 0 Å². The fraction of sp³-hybridized carbons (Fsp3) is 1.00. The number of epoxide rings is 2. The van der Waals surface area contributed by atoms with E-state index >= 15 is 0 Å². The minimum atomic E-state index is 0.0422. The van der Waals surface area contributed by atoms with E-state index in [1.54, 1.807) is 7.11 Å². The summed E-state index contributed by atoms with van der Waals surface area (Å²) in [6.07, 6.45) is 0.785. The topological polar surface area (TPSA) is 110 Å². The second-order valence-corrected chi connectivity index (χ2v) is 6.23. The van der Waals surface area contributed by atoms with Crippen molar-refractivity contribution >= 4 is 0 Å². The van der Waals surface area contributed by atoms with Gasteiger partial charge in [-0.15, -0.1) is 0 Å². The van der Waals surface area contributed by atoms with Gasteiger partial charge in [-0.3, -0.25) is 0 Å². The molecule has 2 unspecified atom stereocenters. The predicted octanol–water partition coefficient (Wildman–Crippen LogP) is -0.491. The Kier molecular flexibility index (Phi) is 19.2. The van der Waals surface area contributed by atoms with E-state index in [0.29, 0.717) is 84.9 Å². The van der Waals surface area contributed by atoms with Crippen molar-refractivity contribution < 1.29 is 47.7 Å². The van der Waals surface area contributed by atoms with Crippen LogP contribution in [0.5, 0.6) is 0 Å². The Hall–Kier alpha value is -0.400. The van der Waals surface area contributed by atoms with Crippen LogP contribution in [0.2, 0.25) is 0 Å². The minimum Gasteiger partial charge on any atom is -0.394 e. The van der Waals surface area contributed by atoms with Crippen molar-refractivity contribution in [2.45, 2.75) is 12.2 Å². The lowest BCUT2D eigenvalue weighted by Gasteiger charge is -2.07. The van der Waals surface area contributed by atoms with E-state index in [-0.39, 0.29) is 6.61 Å². The Labute approximate surface area is 173 Å². The summed E-state index contributed by atoms with van der Waals surface area (Å²) in [5, 5.41) is 8.47. The minimum absolute atomic E-state index is 0.0422. The first-order chi connectivity index (χ1) is 14.4. The second kappa shape index (κ2) is 20.9. The Morgan fingerprint density at radius 3 is 1.24 bits per heavy atom. The van der Waals surface area contributed by atoms with E-state index in [9.17, 15) is 0 Å². The molecule has 2 saturated heterocycles. The molecule has 2 aliphatic heterocycles. The number of hydrogen-bond donors (Lipinski definition) is 1. The summed E-state index contributed by atoms with van der Waals surface area (Å²) in [6, 6.07) is 0. The maximum absolute atomic E-state index is 8.47. The van der Waals surface area contributed by atoms with Crippen LogP contribution < -0.4 is 0 Å². The maximum Gasteiger partial charge on any atom is 0.104 e. The van der Waals surface area contributed by atoms with Gasteiger partial charge in [0, 0.05) is 7.11 Å². The molecule has 0 saturated carbocycles. The molecule has 2 fully saturated rings. The molecule has 0 aromatic rings. The molecule has 0 aromatic heterocycles. The first-order valence-electron chi connectivity index (χ1n) is 10.2. The summed E-state index contributed by atoms with van der Waals surface area (Å²) < 4.78 is 46.1. The predicted molar refractivity (Wildman–Crippen MR) is 103 cm³/mol. The Morgan fingerprint density at radius 2 is 0.931 bits per heavy atom. The Balaban J connectivity index is 0.000000379. The molecular formula is C19H38O10. The number of aliphatic hydroxyl groups excluding tert-OH is 1. The summed E-state index contributed by atoms with van der Waals surface area (Å²) in [5.41, 5.74) is 0. The molecule has 2 heterocycles. The quantitative estimate of drug-likeness (QED) is 0.191. The summed E-state index contributed by atoms with van der Waals surface area (Å²) in [6.45, 7) is 9.15. The van der Waals surface area contributed by atoms with E-state index in [0.717, 1.165) is 26.4 Å². The van der Waals surface area contributed by atoms with Crippen molar-refractivity contribution in [3.63, 3.8) is 0 Å². The van der Waals surface area contributed by atoms with Crippen LogP contribution in [0.25, 0.3) is 0 Å². The van der Waals surface area contributed by atoms with Gasteiger partial charge in [-0.1, -0.05) is 0 Å². The van der Waals surface area contributed by atoms with Gasteiger partial charge in [-0.05, 0) is 0 Å². The summed E-state index contributed by atoms with van der Waals surface area (Å²) >= 11 is 0. The molecule has 2 rings (SSSR count). The highest BCUT2D eigenvalue weighted by molar-refractivity contribution is 4.71. The molecule has 2 aliphatic rings. The Morgan fingerprint density at radius 1 is 0.586 bits per heavy atom. The van der Waals surface area contributed by atoms with Gasteiger partial charge in [0.2, 0.25) is 0 Å². The first kappa shape index (κ1) is 26.6. The lowest BCUT2D eigenvalue weighted by atomic mass is 10.5. The van der Waals surface area contributed by atoms with Gasteiger partial charge in [-0.2, -0.15) is 0 Å². The van der Waals surface area contributed by atoms with Crippen molar-refractivity contribution in [1.82, 2.24) is 0 Å². The molecule has 0 spiro atoms. The lowest BCUT2D eigenvalue weighted by molar-refractivity contribution is -0.0163. The van der Waals surface area contributed by atoms with Gasteiger partial charge >= 0.3 is 0 Å². The average molecular weight is 427 g/mol. The largest absolute Gasteiger partial charge is 0.394 e. The van der Waals surface area contributed by atoms with Gasteiger partial charge in [-0.25, -0.2) is 0 Å². The van der Waals surface area contributed by atoms with Crippen molar-refractivity contribution in [1.29, 1.82) is 0 Å². The van der Waals surface area contributed by atoms with Crippen molar-refractivity contribution in [3.8, 4) is 0 Å². The Bertz CT molecular complexity index is 296. The molecule has 2 atom stereocenters. The van der Waals surface area contributed by atoms with Crippen molar-refractivity contribution in [3.05, 3.63) is 0 Å². The number of hydrogen-bond acceptors (Lipinski definition) is 10. The van der Waals surface area contributed by atoms with Crippen LogP contribution in [0.15, 0.2) is 0 Å². The molecule has 10 heteroatoms. The van der Waals surface area contributed by atoms with Gasteiger partial charge < -0.3 is 47.7 Å². The molecule has 174 valence electrons. The summed E-state index contributed by atoms with van der Waals surface area (Å²) in [4.78, 5) is 0. The van der Waals surface area contributed by atoms with Crippen LogP contribution in [0.4, 0.5) is 0 Å². The van der Waals surface area contributed by atoms with Gasteiger partial charge in [0.25, 0.3) is 0 Å². The molecule has 10 nitrogen and oxygen atoms in total. The highest BCUT2D eigenvalue weighted by Crippen LogP contribution is 2.12. The third-order valence-corrected chi connectivity index (χ3v) is 3.57. The molecule has 1 N–H and O–H groups in total. The monoisotopic (exact) mass is 426 g/mol. The third kappa shape index (κ3) is 22.1. The molecule has 0 bridgehead atoms. The average Bonchev–Trinajstić information content (AvgIpc) is 3.64. The van der Waals surface area contributed by atoms with Crippen LogP contribution in [0.3, 0.4) is 0 Å². The van der Waals surface area contributed by atoms with Crippen molar-refractivity contribution in [2.75, 3.05) is 113 Å². The van der Waals surface area contributed by atoms with Crippen LogP contribution in [0, 0.1) is 0 Å². The van der Waals surface area contributed by atoms with E-state index in [2.05, 4.69) is 0 Å². The van der Waals surface area contributed by atoms with E-state index in [1.807, 2.05) is 0 Å². The smallest absolute Gasteiger partial charge is 0.104 e. The number of aliphatic hydroxyl groups is 1. The molecule has 0 aliphatic carbocycles. The van der Waals surface area contributed by atoms with Crippen LogP contribution in [-0.4, -0.2) is 130 Å². The normalized spacial score (nSPS) is 19.7. The van der Waals surface area contributed by atoms with Crippen LogP contribution in [0.1, 0.15) is 0 Å². The molecule has 29 heavy (non-hydrogen) atoms. The van der Waals surface area contributed by atoms with E-state index in [4.69, 9.17) is 47.7 Å². The zero-order chi connectivity index (χ0) is 20.8. The van der Waals surface area contributed by atoms with Gasteiger partial charge in [0.1, 0.15) is 12.2 Å². The molecule has 0 amide bonds. The standard InChI is InChI=1S/C13H28O7.C6H10O3/c1-15-4-5-17-8-9-19-12-13-20-11-10-18-7-6-16-3-2-14;1(5-3-8-5)7-2-6-4-9-6/h14H,2-13H2,1H3;5-6H,1-4H2. The fourth-order valence-corrected chi connectivity index (χ4v) is 1.85. The van der Waals surface area contributed by atoms with Gasteiger partial charge in [0.05, 0.1) is 106 Å². The highest BCUT2D eigenvalue weighted by Gasteiger charge is 2.26. The molecule has 0 radical (unpaired) electrons. The zero-order valence-electron chi connectivity index (χ0n) is 17.6. The van der Waals surface area contributed by atoms with Crippen molar-refractivity contribution in [2.24, 2.45) is 0 Å². The number of ether oxygens (including phenoxy) is 9. The van der Waals surface area contributed by atoms with E-state index < -0.39 is 0 Å². The maximum atomic E-state index is 8.47. The van der Waals surface area contributed by atoms with Crippen LogP contribution in [-0.2, 0) is 42.6 Å². The number of rotatable bonds is 21. The SMILES string of the molecule is C(OCC1CO1)C1CO1.COCCOCCOCCOCCOCCOCCO. The van der Waals surface area contributed by atoms with E-state index in [1.165, 1.54) is 0 Å². The summed E-state index contributed by atoms with van der Waals surface area (Å²) in [5.74, 6) is 0. The molecule has 0 aromatic carbocycles. The second-order valence-electron chi connectivity index (χ2n) is 6.23. The zero-order valence-corrected chi connectivity index (χ0v) is 17.6.